The highest BCUT2D eigenvalue weighted by atomic mass is 16.5. The van der Waals surface area contributed by atoms with Crippen molar-refractivity contribution in [1.82, 2.24) is 4.57 Å². The third-order valence-corrected chi connectivity index (χ3v) is 10.5. The molecule has 3 heterocycles. The summed E-state index contributed by atoms with van der Waals surface area (Å²) in [6.45, 7) is -0.0725. The monoisotopic (exact) mass is 652 g/mol. The Morgan fingerprint density at radius 1 is 0.412 bits per heavy atom. The van der Waals surface area contributed by atoms with E-state index in [-0.39, 0.29) is 6.71 Å². The Kier molecular flexibility index (Phi) is 6.01. The van der Waals surface area contributed by atoms with Crippen LogP contribution in [0.1, 0.15) is 0 Å². The number of benzene rings is 8. The summed E-state index contributed by atoms with van der Waals surface area (Å²) in [5, 5.41) is 4.81. The molecule has 0 saturated carbocycles. The van der Waals surface area contributed by atoms with Crippen molar-refractivity contribution >= 4 is 72.7 Å². The molecule has 2 aliphatic rings. The first kappa shape index (κ1) is 28.2. The molecule has 0 bridgehead atoms. The highest BCUT2D eigenvalue weighted by Gasteiger charge is 2.42. The van der Waals surface area contributed by atoms with E-state index in [2.05, 4.69) is 185 Å². The molecule has 0 radical (unpaired) electrons. The van der Waals surface area contributed by atoms with Gasteiger partial charge in [-0.15, -0.1) is 0 Å². The number of fused-ring (bicyclic) bond motifs is 9. The quantitative estimate of drug-likeness (QED) is 0.177. The van der Waals surface area contributed by atoms with Gasteiger partial charge in [0.1, 0.15) is 23.0 Å². The standard InChI is InChI=1S/C46H29BN2O2/c1-3-14-31(15-4-1)48(32-16-5-2-6-17-32)33-24-25-38-42(27-33)51-44-29-34(49-39-21-11-9-19-36(39)37-20-10-12-22-40(37)49)28-43-46(44)47(38)45-35-18-8-7-13-30(35)23-26-41(45)50-43/h1-29H. The maximum Gasteiger partial charge on any atom is 0.261 e. The van der Waals surface area contributed by atoms with Crippen molar-refractivity contribution in [3.05, 3.63) is 176 Å². The SMILES string of the molecule is c1ccc(N(c2ccccc2)c2ccc3c(c2)Oc2cc(-n4c5ccccc5c5ccccc54)cc4c2B3c2c(ccc3ccccc23)O4)cc1. The van der Waals surface area contributed by atoms with Crippen molar-refractivity contribution in [3.8, 4) is 28.7 Å². The lowest BCUT2D eigenvalue weighted by atomic mass is 9.34. The summed E-state index contributed by atoms with van der Waals surface area (Å²) >= 11 is 0. The molecular formula is C46H29BN2O2. The molecule has 9 aromatic rings. The third-order valence-electron chi connectivity index (χ3n) is 10.5. The van der Waals surface area contributed by atoms with Gasteiger partial charge in [0.05, 0.1) is 16.7 Å². The second-order valence-electron chi connectivity index (χ2n) is 13.3. The van der Waals surface area contributed by atoms with Crippen molar-refractivity contribution in [2.75, 3.05) is 4.90 Å². The molecule has 51 heavy (non-hydrogen) atoms. The van der Waals surface area contributed by atoms with Crippen LogP contribution in [0.3, 0.4) is 0 Å². The van der Waals surface area contributed by atoms with Gasteiger partial charge in [0, 0.05) is 51.5 Å². The normalized spacial score (nSPS) is 12.6. The van der Waals surface area contributed by atoms with Gasteiger partial charge >= 0.3 is 0 Å². The van der Waals surface area contributed by atoms with Crippen molar-refractivity contribution in [3.63, 3.8) is 0 Å². The maximum absolute atomic E-state index is 7.06. The highest BCUT2D eigenvalue weighted by Crippen LogP contribution is 2.42. The Hall–Kier alpha value is -6.72. The summed E-state index contributed by atoms with van der Waals surface area (Å²) in [6, 6.07) is 62.2. The van der Waals surface area contributed by atoms with Gasteiger partial charge < -0.3 is 18.9 Å². The Balaban J connectivity index is 1.16. The van der Waals surface area contributed by atoms with Crippen molar-refractivity contribution in [2.24, 2.45) is 0 Å². The number of rotatable bonds is 4. The summed E-state index contributed by atoms with van der Waals surface area (Å²) in [7, 11) is 0. The van der Waals surface area contributed by atoms with Gasteiger partial charge in [-0.1, -0.05) is 109 Å². The van der Waals surface area contributed by atoms with Crippen LogP contribution in [0.4, 0.5) is 17.1 Å². The van der Waals surface area contributed by atoms with Crippen LogP contribution in [0.5, 0.6) is 23.0 Å². The molecule has 0 aliphatic carbocycles. The predicted molar refractivity (Wildman–Crippen MR) is 211 cm³/mol. The van der Waals surface area contributed by atoms with Crippen LogP contribution in [0.25, 0.3) is 38.3 Å². The molecule has 11 rings (SSSR count). The van der Waals surface area contributed by atoms with E-state index in [1.165, 1.54) is 27.0 Å². The van der Waals surface area contributed by atoms with Gasteiger partial charge in [-0.25, -0.2) is 0 Å². The van der Waals surface area contributed by atoms with Crippen molar-refractivity contribution in [2.45, 2.75) is 0 Å². The number of hydrogen-bond donors (Lipinski definition) is 0. The Morgan fingerprint density at radius 3 is 1.65 bits per heavy atom. The maximum atomic E-state index is 7.06. The van der Waals surface area contributed by atoms with Crippen molar-refractivity contribution in [1.29, 1.82) is 0 Å². The largest absolute Gasteiger partial charge is 0.458 e. The molecule has 0 spiro atoms. The van der Waals surface area contributed by atoms with E-state index >= 15 is 0 Å². The van der Waals surface area contributed by atoms with Crippen LogP contribution < -0.4 is 30.8 Å². The Labute approximate surface area is 295 Å². The lowest BCUT2D eigenvalue weighted by Gasteiger charge is -2.35. The predicted octanol–water partition coefficient (Wildman–Crippen LogP) is 10.1. The van der Waals surface area contributed by atoms with E-state index in [1.807, 2.05) is 0 Å². The van der Waals surface area contributed by atoms with Crippen LogP contribution in [-0.2, 0) is 0 Å². The number of ether oxygens (including phenoxy) is 2. The van der Waals surface area contributed by atoms with Crippen LogP contribution >= 0.6 is 0 Å². The fourth-order valence-electron chi connectivity index (χ4n) is 8.32. The van der Waals surface area contributed by atoms with Crippen LogP contribution in [0, 0.1) is 0 Å². The molecule has 0 amide bonds. The van der Waals surface area contributed by atoms with Gasteiger partial charge in [0.2, 0.25) is 0 Å². The molecule has 4 nitrogen and oxygen atoms in total. The molecule has 238 valence electrons. The fourth-order valence-corrected chi connectivity index (χ4v) is 8.32. The van der Waals surface area contributed by atoms with Gasteiger partial charge in [0.15, 0.2) is 0 Å². The Bertz CT molecular complexity index is 2740. The zero-order valence-corrected chi connectivity index (χ0v) is 27.5. The molecule has 0 saturated heterocycles. The van der Waals surface area contributed by atoms with E-state index < -0.39 is 0 Å². The highest BCUT2D eigenvalue weighted by molar-refractivity contribution is 6.99. The van der Waals surface area contributed by atoms with Gasteiger partial charge in [-0.2, -0.15) is 0 Å². The second kappa shape index (κ2) is 10.9. The molecular weight excluding hydrogens is 623 g/mol. The lowest BCUT2D eigenvalue weighted by molar-refractivity contribution is 0.464. The van der Waals surface area contributed by atoms with Crippen LogP contribution in [-0.4, -0.2) is 11.3 Å². The summed E-state index contributed by atoms with van der Waals surface area (Å²) in [4.78, 5) is 2.28. The lowest BCUT2D eigenvalue weighted by Crippen LogP contribution is -2.57. The molecule has 5 heteroatoms. The third kappa shape index (κ3) is 4.22. The number of nitrogens with zero attached hydrogens (tertiary/aromatic N) is 2. The number of anilines is 3. The summed E-state index contributed by atoms with van der Waals surface area (Å²) in [5.41, 5.74) is 9.83. The van der Waals surface area contributed by atoms with Crippen LogP contribution in [0.15, 0.2) is 176 Å². The van der Waals surface area contributed by atoms with E-state index in [0.717, 1.165) is 67.7 Å². The second-order valence-corrected chi connectivity index (χ2v) is 13.3. The zero-order chi connectivity index (χ0) is 33.5. The number of para-hydroxylation sites is 4. The summed E-state index contributed by atoms with van der Waals surface area (Å²) in [5.74, 6) is 3.35. The average molecular weight is 653 g/mol. The minimum absolute atomic E-state index is 0.0725. The smallest absolute Gasteiger partial charge is 0.261 e. The van der Waals surface area contributed by atoms with E-state index in [0.29, 0.717) is 0 Å². The Morgan fingerprint density at radius 2 is 0.980 bits per heavy atom. The minimum atomic E-state index is -0.0725. The number of hydrogen-bond acceptors (Lipinski definition) is 3. The topological polar surface area (TPSA) is 26.6 Å². The zero-order valence-electron chi connectivity index (χ0n) is 27.5. The first-order chi connectivity index (χ1) is 25.3. The van der Waals surface area contributed by atoms with E-state index in [1.54, 1.807) is 0 Å². The molecule has 0 atom stereocenters. The molecule has 2 aliphatic heterocycles. The minimum Gasteiger partial charge on any atom is -0.458 e. The van der Waals surface area contributed by atoms with Crippen molar-refractivity contribution < 1.29 is 9.47 Å². The fraction of sp³-hybridized carbons (Fsp3) is 0. The molecule has 1 aromatic heterocycles. The first-order valence-electron chi connectivity index (χ1n) is 17.4. The molecule has 0 unspecified atom stereocenters. The van der Waals surface area contributed by atoms with E-state index in [4.69, 9.17) is 9.47 Å². The summed E-state index contributed by atoms with van der Waals surface area (Å²) < 4.78 is 16.3. The van der Waals surface area contributed by atoms with Gasteiger partial charge in [0.25, 0.3) is 6.71 Å². The van der Waals surface area contributed by atoms with Gasteiger partial charge in [-0.05, 0) is 70.2 Å². The first-order valence-corrected chi connectivity index (χ1v) is 17.4. The average Bonchev–Trinajstić information content (AvgIpc) is 3.53. The number of aromatic nitrogens is 1. The summed E-state index contributed by atoms with van der Waals surface area (Å²) in [6.07, 6.45) is 0. The molecule has 0 N–H and O–H groups in total. The van der Waals surface area contributed by atoms with E-state index in [9.17, 15) is 0 Å². The van der Waals surface area contributed by atoms with Gasteiger partial charge in [-0.3, -0.25) is 0 Å². The van der Waals surface area contributed by atoms with Crippen LogP contribution in [0.2, 0.25) is 0 Å². The molecule has 0 fully saturated rings. The molecule has 8 aromatic carbocycles.